The molecule has 0 aromatic heterocycles. The van der Waals surface area contributed by atoms with Crippen LogP contribution in [-0.2, 0) is 11.3 Å². The summed E-state index contributed by atoms with van der Waals surface area (Å²) in [5.74, 6) is 1.85. The quantitative estimate of drug-likeness (QED) is 0.904. The van der Waals surface area contributed by atoms with E-state index in [2.05, 4.69) is 43.9 Å². The number of hydrogen-bond acceptors (Lipinski definition) is 3. The molecule has 1 aromatic carbocycles. The molecule has 4 rings (SSSR count). The molecule has 3 nitrogen and oxygen atoms in total. The number of phenols is 1. The lowest BCUT2D eigenvalue weighted by molar-refractivity contribution is 0.0338. The van der Waals surface area contributed by atoms with Crippen molar-refractivity contribution in [3.05, 3.63) is 29.3 Å². The van der Waals surface area contributed by atoms with Gasteiger partial charge in [-0.1, -0.05) is 39.0 Å². The smallest absolute Gasteiger partial charge is 0.123 e. The predicted octanol–water partition coefficient (Wildman–Crippen LogP) is 4.15. The first-order valence-corrected chi connectivity index (χ1v) is 9.54. The summed E-state index contributed by atoms with van der Waals surface area (Å²) in [5, 5.41) is 11.0. The molecule has 132 valence electrons. The van der Waals surface area contributed by atoms with Crippen LogP contribution in [0.5, 0.6) is 5.75 Å². The van der Waals surface area contributed by atoms with Crippen LogP contribution in [0.25, 0.3) is 0 Å². The molecule has 3 aliphatic rings. The monoisotopic (exact) mass is 329 g/mol. The van der Waals surface area contributed by atoms with E-state index in [9.17, 15) is 5.11 Å². The Labute approximate surface area is 146 Å². The Morgan fingerprint density at radius 3 is 2.58 bits per heavy atom. The number of benzene rings is 1. The van der Waals surface area contributed by atoms with E-state index in [-0.39, 0.29) is 0 Å². The van der Waals surface area contributed by atoms with Crippen LogP contribution in [0.15, 0.2) is 18.2 Å². The van der Waals surface area contributed by atoms with Gasteiger partial charge in [0, 0.05) is 25.2 Å². The molecule has 2 bridgehead atoms. The summed E-state index contributed by atoms with van der Waals surface area (Å²) in [6.45, 7) is 11.7. The van der Waals surface area contributed by atoms with E-state index >= 15 is 0 Å². The molecule has 24 heavy (non-hydrogen) atoms. The Hall–Kier alpha value is -1.06. The van der Waals surface area contributed by atoms with E-state index < -0.39 is 0 Å². The standard InChI is InChI=1S/C21H31NO2/c1-20(2)16-7-8-21(20,3)18(13-16)17-6-4-5-15(19(17)23)14-22-9-11-24-12-10-22/h4-6,16,18,23H,7-14H2,1-3H3/t16-,18-,21+/m0/s1. The second-order valence-electron chi connectivity index (χ2n) is 8.91. The predicted molar refractivity (Wildman–Crippen MR) is 96.2 cm³/mol. The van der Waals surface area contributed by atoms with Gasteiger partial charge in [0.2, 0.25) is 0 Å². The normalized spacial score (nSPS) is 35.5. The summed E-state index contributed by atoms with van der Waals surface area (Å²) in [6, 6.07) is 6.41. The van der Waals surface area contributed by atoms with E-state index in [1.54, 1.807) is 0 Å². The largest absolute Gasteiger partial charge is 0.507 e. The number of fused-ring (bicyclic) bond motifs is 2. The zero-order valence-electron chi connectivity index (χ0n) is 15.3. The highest BCUT2D eigenvalue weighted by atomic mass is 16.5. The maximum atomic E-state index is 11.0. The minimum Gasteiger partial charge on any atom is -0.507 e. The van der Waals surface area contributed by atoms with Gasteiger partial charge in [0.05, 0.1) is 13.2 Å². The average Bonchev–Trinajstić information content (AvgIpc) is 2.91. The van der Waals surface area contributed by atoms with Gasteiger partial charge < -0.3 is 9.84 Å². The molecule has 1 aromatic rings. The van der Waals surface area contributed by atoms with Gasteiger partial charge in [-0.15, -0.1) is 0 Å². The van der Waals surface area contributed by atoms with Gasteiger partial charge >= 0.3 is 0 Å². The van der Waals surface area contributed by atoms with Crippen molar-refractivity contribution in [1.29, 1.82) is 0 Å². The van der Waals surface area contributed by atoms with Gasteiger partial charge in [0.25, 0.3) is 0 Å². The van der Waals surface area contributed by atoms with Crippen molar-refractivity contribution in [3.63, 3.8) is 0 Å². The molecule has 1 aliphatic heterocycles. The van der Waals surface area contributed by atoms with E-state index in [1.807, 2.05) is 0 Å². The molecule has 3 fully saturated rings. The van der Waals surface area contributed by atoms with Crippen molar-refractivity contribution in [2.75, 3.05) is 26.3 Å². The molecule has 1 heterocycles. The number of para-hydroxylation sites is 1. The lowest BCUT2D eigenvalue weighted by Crippen LogP contribution is -2.35. The van der Waals surface area contributed by atoms with Gasteiger partial charge in [-0.05, 0) is 47.5 Å². The van der Waals surface area contributed by atoms with Crippen molar-refractivity contribution in [2.45, 2.75) is 52.5 Å². The molecule has 2 aliphatic carbocycles. The molecule has 1 saturated heterocycles. The van der Waals surface area contributed by atoms with Crippen molar-refractivity contribution < 1.29 is 9.84 Å². The molecule has 3 heteroatoms. The first-order chi connectivity index (χ1) is 11.4. The van der Waals surface area contributed by atoms with Crippen LogP contribution in [0.4, 0.5) is 0 Å². The molecule has 0 unspecified atom stereocenters. The highest BCUT2D eigenvalue weighted by molar-refractivity contribution is 5.45. The first-order valence-electron chi connectivity index (χ1n) is 9.54. The van der Waals surface area contributed by atoms with Crippen LogP contribution in [0.3, 0.4) is 0 Å². The molecule has 1 N–H and O–H groups in total. The second kappa shape index (κ2) is 5.74. The van der Waals surface area contributed by atoms with Crippen LogP contribution in [0, 0.1) is 16.7 Å². The zero-order valence-corrected chi connectivity index (χ0v) is 15.3. The van der Waals surface area contributed by atoms with Gasteiger partial charge in [-0.3, -0.25) is 4.90 Å². The summed E-state index contributed by atoms with van der Waals surface area (Å²) >= 11 is 0. The second-order valence-corrected chi connectivity index (χ2v) is 8.91. The Balaban J connectivity index is 1.62. The lowest BCUT2D eigenvalue weighted by Gasteiger charge is -2.40. The highest BCUT2D eigenvalue weighted by Gasteiger charge is 2.61. The van der Waals surface area contributed by atoms with Crippen molar-refractivity contribution in [1.82, 2.24) is 4.90 Å². The highest BCUT2D eigenvalue weighted by Crippen LogP contribution is 2.71. The number of nitrogens with zero attached hydrogens (tertiary/aromatic N) is 1. The molecular weight excluding hydrogens is 298 g/mol. The lowest BCUT2D eigenvalue weighted by atomic mass is 9.65. The topological polar surface area (TPSA) is 32.7 Å². The van der Waals surface area contributed by atoms with E-state index in [4.69, 9.17) is 4.74 Å². The molecule has 3 atom stereocenters. The van der Waals surface area contributed by atoms with E-state index in [0.717, 1.165) is 44.3 Å². The molecular formula is C21H31NO2. The SMILES string of the molecule is CC1(C)[C@H]2CC[C@]1(C)[C@H](c1cccc(CN3CCOCC3)c1O)C2. The fraction of sp³-hybridized carbons (Fsp3) is 0.714. The number of morpholine rings is 1. The summed E-state index contributed by atoms with van der Waals surface area (Å²) in [5.41, 5.74) is 2.97. The zero-order chi connectivity index (χ0) is 16.9. The van der Waals surface area contributed by atoms with E-state index in [1.165, 1.54) is 24.8 Å². The number of hydrogen-bond donors (Lipinski definition) is 1. The van der Waals surface area contributed by atoms with Crippen molar-refractivity contribution in [3.8, 4) is 5.75 Å². The maximum absolute atomic E-state index is 11.0. The summed E-state index contributed by atoms with van der Waals surface area (Å²) in [4.78, 5) is 2.38. The van der Waals surface area contributed by atoms with Crippen LogP contribution in [0.2, 0.25) is 0 Å². The molecule has 0 amide bonds. The molecule has 0 spiro atoms. The fourth-order valence-electron chi connectivity index (χ4n) is 5.69. The first kappa shape index (κ1) is 16.4. The van der Waals surface area contributed by atoms with Crippen LogP contribution >= 0.6 is 0 Å². The third kappa shape index (κ3) is 2.32. The van der Waals surface area contributed by atoms with Gasteiger partial charge in [-0.2, -0.15) is 0 Å². The van der Waals surface area contributed by atoms with Crippen LogP contribution in [0.1, 0.15) is 57.1 Å². The van der Waals surface area contributed by atoms with E-state index in [0.29, 0.717) is 22.5 Å². The van der Waals surface area contributed by atoms with Gasteiger partial charge in [0.1, 0.15) is 5.75 Å². The van der Waals surface area contributed by atoms with Crippen LogP contribution < -0.4 is 0 Å². The van der Waals surface area contributed by atoms with Crippen molar-refractivity contribution >= 4 is 0 Å². The Bertz CT molecular complexity index is 620. The Kier molecular flexibility index (Phi) is 3.92. The number of aromatic hydroxyl groups is 1. The molecule has 2 saturated carbocycles. The maximum Gasteiger partial charge on any atom is 0.123 e. The summed E-state index contributed by atoms with van der Waals surface area (Å²) in [7, 11) is 0. The third-order valence-electron chi connectivity index (χ3n) is 7.82. The summed E-state index contributed by atoms with van der Waals surface area (Å²) < 4.78 is 5.44. The number of phenolic OH excluding ortho intramolecular Hbond substituents is 1. The van der Waals surface area contributed by atoms with Gasteiger partial charge in [-0.25, -0.2) is 0 Å². The van der Waals surface area contributed by atoms with Crippen molar-refractivity contribution in [2.24, 2.45) is 16.7 Å². The minimum absolute atomic E-state index is 0.312. The van der Waals surface area contributed by atoms with Gasteiger partial charge in [0.15, 0.2) is 0 Å². The van der Waals surface area contributed by atoms with Crippen LogP contribution in [-0.4, -0.2) is 36.3 Å². The average molecular weight is 329 g/mol. The minimum atomic E-state index is 0.312. The Morgan fingerprint density at radius 1 is 1.21 bits per heavy atom. The third-order valence-corrected chi connectivity index (χ3v) is 7.82. The Morgan fingerprint density at radius 2 is 1.96 bits per heavy atom. The fourth-order valence-corrected chi connectivity index (χ4v) is 5.69. The number of rotatable bonds is 3. The summed E-state index contributed by atoms with van der Waals surface area (Å²) in [6.07, 6.45) is 3.88. The molecule has 0 radical (unpaired) electrons. The number of ether oxygens (including phenoxy) is 1.